The zero-order valence-corrected chi connectivity index (χ0v) is 11.7. The number of nitrogen functional groups attached to an aromatic ring is 1. The van der Waals surface area contributed by atoms with Crippen LogP contribution in [0.25, 0.3) is 11.4 Å². The molecule has 0 aliphatic carbocycles. The number of anilines is 1. The number of rotatable bonds is 3. The molecule has 0 bridgehead atoms. The Morgan fingerprint density at radius 1 is 1.35 bits per heavy atom. The summed E-state index contributed by atoms with van der Waals surface area (Å²) in [6.07, 6.45) is 2.07. The van der Waals surface area contributed by atoms with Gasteiger partial charge in [0, 0.05) is 19.2 Å². The first-order valence-corrected chi connectivity index (χ1v) is 6.64. The van der Waals surface area contributed by atoms with E-state index in [0.29, 0.717) is 17.3 Å². The number of hydrogen-bond acceptors (Lipinski definition) is 5. The maximum absolute atomic E-state index is 5.93. The molecule has 2 aromatic rings. The van der Waals surface area contributed by atoms with Crippen molar-refractivity contribution in [3.8, 4) is 17.1 Å². The fourth-order valence-corrected chi connectivity index (χ4v) is 2.53. The maximum Gasteiger partial charge on any atom is 0.181 e. The highest BCUT2D eigenvalue weighted by Gasteiger charge is 2.24. The van der Waals surface area contributed by atoms with E-state index in [1.165, 1.54) is 0 Å². The molecule has 1 aromatic heterocycles. The molecule has 1 unspecified atom stereocenters. The van der Waals surface area contributed by atoms with E-state index in [0.717, 1.165) is 30.8 Å². The second kappa shape index (κ2) is 5.13. The van der Waals surface area contributed by atoms with Gasteiger partial charge >= 0.3 is 0 Å². The molecule has 6 nitrogen and oxygen atoms in total. The number of aromatic nitrogens is 3. The minimum Gasteiger partial charge on any atom is -0.495 e. The Labute approximate surface area is 117 Å². The smallest absolute Gasteiger partial charge is 0.181 e. The molecule has 106 valence electrons. The molecule has 0 spiro atoms. The van der Waals surface area contributed by atoms with Crippen molar-refractivity contribution in [2.45, 2.75) is 25.5 Å². The molecule has 6 heteroatoms. The molecule has 0 saturated heterocycles. The Balaban J connectivity index is 1.99. The van der Waals surface area contributed by atoms with Crippen molar-refractivity contribution >= 4 is 5.69 Å². The minimum atomic E-state index is 0.0283. The number of hydrogen-bond donors (Lipinski definition) is 1. The summed E-state index contributed by atoms with van der Waals surface area (Å²) in [5, 5.41) is 4.55. The van der Waals surface area contributed by atoms with Gasteiger partial charge in [-0.1, -0.05) is 0 Å². The normalized spacial score (nSPS) is 17.8. The minimum absolute atomic E-state index is 0.0283. The van der Waals surface area contributed by atoms with Gasteiger partial charge in [0.1, 0.15) is 11.9 Å². The molecule has 2 N–H and O–H groups in total. The highest BCUT2D eigenvalue weighted by Crippen LogP contribution is 2.30. The number of aryl methyl sites for hydroxylation is 1. The molecule has 2 heterocycles. The first kappa shape index (κ1) is 12.9. The average Bonchev–Trinajstić information content (AvgIpc) is 2.91. The molecule has 1 aromatic carbocycles. The van der Waals surface area contributed by atoms with Crippen LogP contribution in [-0.2, 0) is 11.3 Å². The highest BCUT2D eigenvalue weighted by atomic mass is 16.5. The van der Waals surface area contributed by atoms with Crippen molar-refractivity contribution in [1.82, 2.24) is 14.8 Å². The maximum atomic E-state index is 5.93. The van der Waals surface area contributed by atoms with Crippen LogP contribution in [0.1, 0.15) is 24.8 Å². The summed E-state index contributed by atoms with van der Waals surface area (Å²) in [5.74, 6) is 2.23. The lowest BCUT2D eigenvalue weighted by Gasteiger charge is -2.20. The van der Waals surface area contributed by atoms with Gasteiger partial charge in [-0.15, -0.1) is 0 Å². The fourth-order valence-electron chi connectivity index (χ4n) is 2.53. The van der Waals surface area contributed by atoms with Crippen molar-refractivity contribution in [2.24, 2.45) is 0 Å². The first-order chi connectivity index (χ1) is 9.72. The highest BCUT2D eigenvalue weighted by molar-refractivity contribution is 5.66. The SMILES string of the molecule is COc1ccc(-c2nc3n(n2)CCCC3OC)cc1N. The summed E-state index contributed by atoms with van der Waals surface area (Å²) in [5.41, 5.74) is 7.41. The third-order valence-electron chi connectivity index (χ3n) is 3.60. The van der Waals surface area contributed by atoms with E-state index in [9.17, 15) is 0 Å². The lowest BCUT2D eigenvalue weighted by atomic mass is 10.1. The van der Waals surface area contributed by atoms with E-state index in [-0.39, 0.29) is 6.10 Å². The van der Waals surface area contributed by atoms with Crippen molar-refractivity contribution in [3.63, 3.8) is 0 Å². The van der Waals surface area contributed by atoms with Gasteiger partial charge in [-0.05, 0) is 31.0 Å². The third-order valence-corrected chi connectivity index (χ3v) is 3.60. The van der Waals surface area contributed by atoms with Crippen molar-refractivity contribution in [2.75, 3.05) is 20.0 Å². The Bertz CT molecular complexity index is 624. The summed E-state index contributed by atoms with van der Waals surface area (Å²) in [7, 11) is 3.31. The van der Waals surface area contributed by atoms with E-state index < -0.39 is 0 Å². The van der Waals surface area contributed by atoms with Gasteiger partial charge in [0.15, 0.2) is 11.6 Å². The standard InChI is InChI=1S/C14H18N4O2/c1-19-11-6-5-9(8-10(11)15)13-16-14-12(20-2)4-3-7-18(14)17-13/h5-6,8,12H,3-4,7,15H2,1-2H3. The molecule has 0 saturated carbocycles. The zero-order chi connectivity index (χ0) is 14.1. The van der Waals surface area contributed by atoms with Gasteiger partial charge in [-0.25, -0.2) is 9.67 Å². The molecule has 3 rings (SSSR count). The number of benzene rings is 1. The van der Waals surface area contributed by atoms with Gasteiger partial charge in [0.25, 0.3) is 0 Å². The van der Waals surface area contributed by atoms with Crippen LogP contribution in [0.5, 0.6) is 5.75 Å². The molecular weight excluding hydrogens is 256 g/mol. The van der Waals surface area contributed by atoms with E-state index in [4.69, 9.17) is 15.2 Å². The van der Waals surface area contributed by atoms with Gasteiger partial charge in [-0.2, -0.15) is 5.10 Å². The topological polar surface area (TPSA) is 75.2 Å². The quantitative estimate of drug-likeness (QED) is 0.867. The Kier molecular flexibility index (Phi) is 3.31. The monoisotopic (exact) mass is 274 g/mol. The number of nitrogens with two attached hydrogens (primary N) is 1. The van der Waals surface area contributed by atoms with Crippen LogP contribution < -0.4 is 10.5 Å². The first-order valence-electron chi connectivity index (χ1n) is 6.64. The van der Waals surface area contributed by atoms with Crippen LogP contribution in [0.4, 0.5) is 5.69 Å². The third kappa shape index (κ3) is 2.12. The Hall–Kier alpha value is -2.08. The van der Waals surface area contributed by atoms with E-state index in [1.807, 2.05) is 22.9 Å². The predicted octanol–water partition coefficient (Wildman–Crippen LogP) is 2.02. The summed E-state index contributed by atoms with van der Waals surface area (Å²) in [4.78, 5) is 4.60. The summed E-state index contributed by atoms with van der Waals surface area (Å²) >= 11 is 0. The summed E-state index contributed by atoms with van der Waals surface area (Å²) in [6, 6.07) is 5.58. The number of ether oxygens (including phenoxy) is 2. The predicted molar refractivity (Wildman–Crippen MR) is 75.4 cm³/mol. The van der Waals surface area contributed by atoms with Crippen molar-refractivity contribution < 1.29 is 9.47 Å². The molecule has 20 heavy (non-hydrogen) atoms. The zero-order valence-electron chi connectivity index (χ0n) is 11.7. The van der Waals surface area contributed by atoms with E-state index >= 15 is 0 Å². The van der Waals surface area contributed by atoms with Gasteiger partial charge < -0.3 is 15.2 Å². The van der Waals surface area contributed by atoms with Crippen LogP contribution in [0.3, 0.4) is 0 Å². The largest absolute Gasteiger partial charge is 0.495 e. The second-order valence-corrected chi connectivity index (χ2v) is 4.84. The fraction of sp³-hybridized carbons (Fsp3) is 0.429. The average molecular weight is 274 g/mol. The van der Waals surface area contributed by atoms with Gasteiger partial charge in [-0.3, -0.25) is 0 Å². The summed E-state index contributed by atoms with van der Waals surface area (Å²) in [6.45, 7) is 0.883. The molecule has 0 fully saturated rings. The van der Waals surface area contributed by atoms with E-state index in [2.05, 4.69) is 10.1 Å². The molecule has 0 radical (unpaired) electrons. The number of fused-ring (bicyclic) bond motifs is 1. The van der Waals surface area contributed by atoms with Crippen LogP contribution in [0.15, 0.2) is 18.2 Å². The number of methoxy groups -OCH3 is 2. The molecule has 1 aliphatic rings. The van der Waals surface area contributed by atoms with Gasteiger partial charge in [0.2, 0.25) is 0 Å². The Morgan fingerprint density at radius 3 is 2.90 bits per heavy atom. The Morgan fingerprint density at radius 2 is 2.20 bits per heavy atom. The van der Waals surface area contributed by atoms with Crippen LogP contribution in [-0.4, -0.2) is 29.0 Å². The second-order valence-electron chi connectivity index (χ2n) is 4.84. The van der Waals surface area contributed by atoms with Crippen molar-refractivity contribution in [1.29, 1.82) is 0 Å². The molecule has 1 aliphatic heterocycles. The lowest BCUT2D eigenvalue weighted by molar-refractivity contribution is 0.0697. The summed E-state index contributed by atoms with van der Waals surface area (Å²) < 4.78 is 12.5. The number of nitrogens with zero attached hydrogens (tertiary/aromatic N) is 3. The molecule has 0 amide bonds. The molecular formula is C14H18N4O2. The van der Waals surface area contributed by atoms with Crippen LogP contribution in [0.2, 0.25) is 0 Å². The lowest BCUT2D eigenvalue weighted by Crippen LogP contribution is -2.18. The molecule has 1 atom stereocenters. The van der Waals surface area contributed by atoms with E-state index in [1.54, 1.807) is 14.2 Å². The van der Waals surface area contributed by atoms with Crippen LogP contribution >= 0.6 is 0 Å². The van der Waals surface area contributed by atoms with Gasteiger partial charge in [0.05, 0.1) is 12.8 Å². The van der Waals surface area contributed by atoms with Crippen molar-refractivity contribution in [3.05, 3.63) is 24.0 Å². The van der Waals surface area contributed by atoms with Crippen LogP contribution in [0, 0.1) is 0 Å².